The van der Waals surface area contributed by atoms with E-state index in [1.165, 1.54) is 0 Å². The van der Waals surface area contributed by atoms with Crippen molar-refractivity contribution >= 4 is 33.5 Å². The standard InChI is InChI=1S/C24H26N4O6/c1-12-7-17-18(8-13(12)2)28(10-19(30)22(32)20(31)11-29)24(34)21(27-17)23(33)26-15-3-4-16-14(9-15)5-6-25-16/h3-9,19-20,22,25,29-32H,10-11H2,1-2H3,(H,26,33)/t19-,20+,22-/m0/s1. The SMILES string of the molecule is Cc1cc2nc(C(=O)Nc3ccc4[nH]ccc4c3)c(=O)n(C[C@H](O)[C@H](O)[C@H](O)CO)c2cc1C. The van der Waals surface area contributed by atoms with E-state index in [0.717, 1.165) is 26.6 Å². The van der Waals surface area contributed by atoms with Gasteiger partial charge in [0.25, 0.3) is 11.5 Å². The Morgan fingerprint density at radius 1 is 1.09 bits per heavy atom. The van der Waals surface area contributed by atoms with Crippen LogP contribution in [0.4, 0.5) is 5.69 Å². The Kier molecular flexibility index (Phi) is 6.49. The Morgan fingerprint density at radius 3 is 2.56 bits per heavy atom. The molecule has 0 saturated heterocycles. The monoisotopic (exact) mass is 466 g/mol. The molecule has 0 fully saturated rings. The van der Waals surface area contributed by atoms with Crippen LogP contribution in [0, 0.1) is 13.8 Å². The maximum absolute atomic E-state index is 13.3. The summed E-state index contributed by atoms with van der Waals surface area (Å²) in [7, 11) is 0. The van der Waals surface area contributed by atoms with Gasteiger partial charge >= 0.3 is 0 Å². The van der Waals surface area contributed by atoms with Gasteiger partial charge in [0, 0.05) is 22.8 Å². The van der Waals surface area contributed by atoms with E-state index in [9.17, 15) is 24.9 Å². The lowest BCUT2D eigenvalue weighted by Gasteiger charge is -2.23. The molecule has 0 saturated carbocycles. The number of carbonyl (C=O) groups excluding carboxylic acids is 1. The summed E-state index contributed by atoms with van der Waals surface area (Å²) < 4.78 is 1.15. The average Bonchev–Trinajstić information content (AvgIpc) is 3.28. The lowest BCUT2D eigenvalue weighted by molar-refractivity contribution is -0.0805. The molecule has 0 aliphatic rings. The number of nitrogens with zero attached hydrogens (tertiary/aromatic N) is 2. The third kappa shape index (κ3) is 4.44. The summed E-state index contributed by atoms with van der Waals surface area (Å²) >= 11 is 0. The number of aromatic nitrogens is 3. The number of aliphatic hydroxyl groups is 4. The molecule has 2 aromatic heterocycles. The Balaban J connectivity index is 1.77. The number of hydrogen-bond donors (Lipinski definition) is 6. The first-order valence-electron chi connectivity index (χ1n) is 10.7. The number of H-pyrrole nitrogens is 1. The van der Waals surface area contributed by atoms with Gasteiger partial charge in [0.2, 0.25) is 0 Å². The van der Waals surface area contributed by atoms with Crippen molar-refractivity contribution in [2.45, 2.75) is 38.7 Å². The van der Waals surface area contributed by atoms with E-state index in [-0.39, 0.29) is 5.69 Å². The first-order chi connectivity index (χ1) is 16.2. The fraction of sp³-hybridized carbons (Fsp3) is 0.292. The molecular formula is C24H26N4O6. The Labute approximate surface area is 194 Å². The molecule has 0 spiro atoms. The minimum atomic E-state index is -1.70. The third-order valence-electron chi connectivity index (χ3n) is 5.93. The second kappa shape index (κ2) is 9.35. The maximum Gasteiger partial charge on any atom is 0.282 e. The molecule has 0 unspecified atom stereocenters. The summed E-state index contributed by atoms with van der Waals surface area (Å²) in [5, 5.41) is 42.8. The van der Waals surface area contributed by atoms with Crippen LogP contribution in [-0.4, -0.2) is 65.8 Å². The van der Waals surface area contributed by atoms with E-state index in [1.807, 2.05) is 19.9 Å². The zero-order valence-corrected chi connectivity index (χ0v) is 18.7. The van der Waals surface area contributed by atoms with Crippen molar-refractivity contribution in [3.63, 3.8) is 0 Å². The molecule has 10 nitrogen and oxygen atoms in total. The molecule has 1 amide bonds. The molecule has 0 bridgehead atoms. The number of amides is 1. The van der Waals surface area contributed by atoms with Gasteiger partial charge in [-0.15, -0.1) is 0 Å². The quantitative estimate of drug-likeness (QED) is 0.235. The number of fused-ring (bicyclic) bond motifs is 2. The van der Waals surface area contributed by atoms with Crippen molar-refractivity contribution < 1.29 is 25.2 Å². The van der Waals surface area contributed by atoms with Crippen molar-refractivity contribution in [3.05, 3.63) is 69.8 Å². The molecule has 10 heteroatoms. The summed E-state index contributed by atoms with van der Waals surface area (Å²) in [4.78, 5) is 33.7. The summed E-state index contributed by atoms with van der Waals surface area (Å²) in [6.45, 7) is 2.53. The number of hydrogen-bond acceptors (Lipinski definition) is 7. The minimum absolute atomic E-state index is 0.360. The molecule has 178 valence electrons. The van der Waals surface area contributed by atoms with Gasteiger partial charge in [0.1, 0.15) is 18.3 Å². The molecule has 0 aliphatic carbocycles. The Hall–Kier alpha value is -3.57. The number of rotatable bonds is 7. The van der Waals surface area contributed by atoms with Gasteiger partial charge in [-0.1, -0.05) is 0 Å². The number of benzene rings is 2. The van der Waals surface area contributed by atoms with Gasteiger partial charge in [-0.3, -0.25) is 9.59 Å². The molecule has 4 aromatic rings. The van der Waals surface area contributed by atoms with Crippen LogP contribution in [-0.2, 0) is 6.54 Å². The van der Waals surface area contributed by atoms with Crippen molar-refractivity contribution in [1.82, 2.24) is 14.5 Å². The van der Waals surface area contributed by atoms with E-state index in [0.29, 0.717) is 16.7 Å². The molecular weight excluding hydrogens is 440 g/mol. The summed E-state index contributed by atoms with van der Waals surface area (Å²) in [5.41, 5.74) is 2.71. The van der Waals surface area contributed by atoms with Gasteiger partial charge in [-0.05, 0) is 61.4 Å². The van der Waals surface area contributed by atoms with E-state index in [1.54, 1.807) is 36.5 Å². The van der Waals surface area contributed by atoms with Crippen molar-refractivity contribution in [2.75, 3.05) is 11.9 Å². The lowest BCUT2D eigenvalue weighted by Crippen LogP contribution is -2.44. The normalized spacial score (nSPS) is 14.3. The van der Waals surface area contributed by atoms with Gasteiger partial charge < -0.3 is 35.3 Å². The predicted octanol–water partition coefficient (Wildman–Crippen LogP) is 0.822. The van der Waals surface area contributed by atoms with Gasteiger partial charge in [-0.25, -0.2) is 4.98 Å². The van der Waals surface area contributed by atoms with E-state index >= 15 is 0 Å². The molecule has 6 N–H and O–H groups in total. The topological polar surface area (TPSA) is 161 Å². The molecule has 0 aliphatic heterocycles. The van der Waals surface area contributed by atoms with E-state index < -0.39 is 42.9 Å². The number of aryl methyl sites for hydroxylation is 2. The highest BCUT2D eigenvalue weighted by molar-refractivity contribution is 6.04. The number of anilines is 1. The fourth-order valence-electron chi connectivity index (χ4n) is 3.81. The minimum Gasteiger partial charge on any atom is -0.394 e. The van der Waals surface area contributed by atoms with E-state index in [4.69, 9.17) is 5.11 Å². The van der Waals surface area contributed by atoms with Crippen LogP contribution in [0.1, 0.15) is 21.6 Å². The number of aliphatic hydroxyl groups excluding tert-OH is 4. The predicted molar refractivity (Wildman–Crippen MR) is 127 cm³/mol. The zero-order chi connectivity index (χ0) is 24.6. The number of aromatic amines is 1. The van der Waals surface area contributed by atoms with Crippen molar-refractivity contribution in [3.8, 4) is 0 Å². The lowest BCUT2D eigenvalue weighted by atomic mass is 10.1. The fourth-order valence-corrected chi connectivity index (χ4v) is 3.81. The van der Waals surface area contributed by atoms with E-state index in [2.05, 4.69) is 15.3 Å². The van der Waals surface area contributed by atoms with Gasteiger partial charge in [-0.2, -0.15) is 0 Å². The summed E-state index contributed by atoms with van der Waals surface area (Å²) in [6, 6.07) is 10.5. The molecule has 2 aromatic carbocycles. The average molecular weight is 466 g/mol. The van der Waals surface area contributed by atoms with Crippen LogP contribution in [0.15, 0.2) is 47.4 Å². The zero-order valence-electron chi connectivity index (χ0n) is 18.7. The molecule has 3 atom stereocenters. The second-order valence-electron chi connectivity index (χ2n) is 8.34. The molecule has 0 radical (unpaired) electrons. The van der Waals surface area contributed by atoms with Crippen LogP contribution >= 0.6 is 0 Å². The van der Waals surface area contributed by atoms with Crippen LogP contribution in [0.3, 0.4) is 0 Å². The van der Waals surface area contributed by atoms with Crippen molar-refractivity contribution in [1.29, 1.82) is 0 Å². The van der Waals surface area contributed by atoms with Crippen molar-refractivity contribution in [2.24, 2.45) is 0 Å². The molecule has 4 rings (SSSR count). The third-order valence-corrected chi connectivity index (χ3v) is 5.93. The largest absolute Gasteiger partial charge is 0.394 e. The summed E-state index contributed by atoms with van der Waals surface area (Å²) in [6.07, 6.45) is -3.10. The highest BCUT2D eigenvalue weighted by atomic mass is 16.4. The smallest absolute Gasteiger partial charge is 0.282 e. The molecule has 34 heavy (non-hydrogen) atoms. The van der Waals surface area contributed by atoms with Gasteiger partial charge in [0.05, 0.1) is 24.2 Å². The molecule has 2 heterocycles. The Bertz CT molecular complexity index is 1430. The van der Waals surface area contributed by atoms with Gasteiger partial charge in [0.15, 0.2) is 5.69 Å². The van der Waals surface area contributed by atoms with Crippen LogP contribution in [0.2, 0.25) is 0 Å². The first-order valence-corrected chi connectivity index (χ1v) is 10.7. The second-order valence-corrected chi connectivity index (χ2v) is 8.34. The Morgan fingerprint density at radius 2 is 1.82 bits per heavy atom. The highest BCUT2D eigenvalue weighted by Gasteiger charge is 2.27. The first kappa shape index (κ1) is 23.6. The number of nitrogens with one attached hydrogen (secondary N) is 2. The van der Waals surface area contributed by atoms with Crippen LogP contribution in [0.5, 0.6) is 0 Å². The van der Waals surface area contributed by atoms with Crippen LogP contribution in [0.25, 0.3) is 21.9 Å². The number of carbonyl (C=O) groups is 1. The van der Waals surface area contributed by atoms with Crippen LogP contribution < -0.4 is 10.9 Å². The maximum atomic E-state index is 13.3. The summed E-state index contributed by atoms with van der Waals surface area (Å²) in [5.74, 6) is -0.723. The highest BCUT2D eigenvalue weighted by Crippen LogP contribution is 2.20.